The van der Waals surface area contributed by atoms with E-state index in [1.165, 1.54) is 87.6 Å². The van der Waals surface area contributed by atoms with E-state index in [2.05, 4.69) is 209 Å². The van der Waals surface area contributed by atoms with Crippen molar-refractivity contribution in [3.8, 4) is 33.6 Å². The van der Waals surface area contributed by atoms with Gasteiger partial charge in [0.25, 0.3) is 0 Å². The van der Waals surface area contributed by atoms with E-state index in [1.807, 2.05) is 6.07 Å². The van der Waals surface area contributed by atoms with Crippen molar-refractivity contribution in [2.45, 2.75) is 0 Å². The first-order chi connectivity index (χ1) is 29.3. The van der Waals surface area contributed by atoms with Crippen LogP contribution in [0.1, 0.15) is 0 Å². The molecule has 0 aliphatic carbocycles. The molecule has 10 aromatic carbocycles. The van der Waals surface area contributed by atoms with Gasteiger partial charge in [-0.25, -0.2) is 0 Å². The predicted octanol–water partition coefficient (Wildman–Crippen LogP) is 15.4. The molecule has 0 bridgehead atoms. The zero-order valence-electron chi connectivity index (χ0n) is 31.9. The fourth-order valence-corrected chi connectivity index (χ4v) is 9.88. The summed E-state index contributed by atoms with van der Waals surface area (Å²) in [5.41, 5.74) is 13.6. The molecule has 0 saturated carbocycles. The van der Waals surface area contributed by atoms with Crippen LogP contribution in [0.3, 0.4) is 0 Å². The maximum atomic E-state index is 6.65. The van der Waals surface area contributed by atoms with Crippen LogP contribution in [0.25, 0.3) is 121 Å². The van der Waals surface area contributed by atoms with Crippen molar-refractivity contribution in [1.29, 1.82) is 0 Å². The van der Waals surface area contributed by atoms with Crippen molar-refractivity contribution >= 4 is 87.1 Å². The molecule has 59 heavy (non-hydrogen) atoms. The van der Waals surface area contributed by atoms with Gasteiger partial charge in [-0.1, -0.05) is 158 Å². The Kier molecular flexibility index (Phi) is 6.72. The molecule has 0 fully saturated rings. The highest BCUT2D eigenvalue weighted by Crippen LogP contribution is 2.43. The summed E-state index contributed by atoms with van der Waals surface area (Å²) in [6.07, 6.45) is 0. The number of nitrogens with zero attached hydrogens (tertiary/aromatic N) is 2. The second kappa shape index (κ2) is 12.3. The summed E-state index contributed by atoms with van der Waals surface area (Å²) in [6.45, 7) is 0. The lowest BCUT2D eigenvalue weighted by Crippen LogP contribution is -1.96. The van der Waals surface area contributed by atoms with Crippen molar-refractivity contribution < 1.29 is 4.42 Å². The summed E-state index contributed by atoms with van der Waals surface area (Å²) in [6, 6.07) is 75.0. The van der Waals surface area contributed by atoms with Crippen LogP contribution in [0.2, 0.25) is 0 Å². The van der Waals surface area contributed by atoms with E-state index >= 15 is 0 Å². The molecule has 0 atom stereocenters. The van der Waals surface area contributed by atoms with Crippen molar-refractivity contribution in [2.75, 3.05) is 0 Å². The Bertz CT molecular complexity index is 3840. The number of rotatable bonds is 4. The number of hydrogen-bond acceptors (Lipinski definition) is 1. The molecule has 0 radical (unpaired) electrons. The topological polar surface area (TPSA) is 23.0 Å². The van der Waals surface area contributed by atoms with Gasteiger partial charge in [0.2, 0.25) is 0 Å². The molecular formula is C56H34N2O. The third kappa shape index (κ3) is 4.64. The summed E-state index contributed by atoms with van der Waals surface area (Å²) in [7, 11) is 0. The number of fused-ring (bicyclic) bond motifs is 12. The molecule has 3 nitrogen and oxygen atoms in total. The molecule has 13 aromatic rings. The predicted molar refractivity (Wildman–Crippen MR) is 248 cm³/mol. The van der Waals surface area contributed by atoms with Gasteiger partial charge in [-0.3, -0.25) is 0 Å². The Morgan fingerprint density at radius 3 is 1.76 bits per heavy atom. The van der Waals surface area contributed by atoms with Crippen LogP contribution in [0.15, 0.2) is 211 Å². The lowest BCUT2D eigenvalue weighted by Gasteiger charge is -2.15. The molecule has 0 saturated heterocycles. The van der Waals surface area contributed by atoms with Crippen LogP contribution in [-0.2, 0) is 0 Å². The van der Waals surface area contributed by atoms with E-state index in [1.54, 1.807) is 0 Å². The van der Waals surface area contributed by atoms with E-state index < -0.39 is 0 Å². The summed E-state index contributed by atoms with van der Waals surface area (Å²) >= 11 is 0. The highest BCUT2D eigenvalue weighted by atomic mass is 16.3. The molecule has 3 heteroatoms. The largest absolute Gasteiger partial charge is 0.454 e. The Morgan fingerprint density at radius 2 is 0.932 bits per heavy atom. The molecule has 0 aliphatic rings. The third-order valence-corrected chi connectivity index (χ3v) is 12.5. The van der Waals surface area contributed by atoms with E-state index in [0.717, 1.165) is 33.1 Å². The zero-order valence-corrected chi connectivity index (χ0v) is 31.9. The van der Waals surface area contributed by atoms with E-state index in [4.69, 9.17) is 4.42 Å². The quantitative estimate of drug-likeness (QED) is 0.176. The fourth-order valence-electron chi connectivity index (χ4n) is 9.88. The first-order valence-corrected chi connectivity index (χ1v) is 20.3. The van der Waals surface area contributed by atoms with Gasteiger partial charge in [0.1, 0.15) is 5.58 Å². The van der Waals surface area contributed by atoms with Gasteiger partial charge in [0, 0.05) is 43.1 Å². The monoisotopic (exact) mass is 750 g/mol. The van der Waals surface area contributed by atoms with Gasteiger partial charge in [0.15, 0.2) is 5.58 Å². The van der Waals surface area contributed by atoms with Gasteiger partial charge in [-0.05, 0) is 81.6 Å². The van der Waals surface area contributed by atoms with E-state index in [-0.39, 0.29) is 0 Å². The van der Waals surface area contributed by atoms with E-state index in [9.17, 15) is 0 Å². The van der Waals surface area contributed by atoms with Crippen LogP contribution in [0.5, 0.6) is 0 Å². The first-order valence-electron chi connectivity index (χ1n) is 20.3. The summed E-state index contributed by atoms with van der Waals surface area (Å²) in [5.74, 6) is 0. The normalized spacial score (nSPS) is 12.1. The van der Waals surface area contributed by atoms with Crippen LogP contribution >= 0.6 is 0 Å². The average molecular weight is 751 g/mol. The van der Waals surface area contributed by atoms with Gasteiger partial charge < -0.3 is 13.6 Å². The minimum atomic E-state index is 0.897. The second-order valence-electron chi connectivity index (χ2n) is 15.6. The number of aromatic nitrogens is 2. The molecule has 0 amide bonds. The summed E-state index contributed by atoms with van der Waals surface area (Å²) in [4.78, 5) is 0. The Labute approximate surface area is 339 Å². The van der Waals surface area contributed by atoms with Crippen LogP contribution in [0, 0.1) is 0 Å². The highest BCUT2D eigenvalue weighted by Gasteiger charge is 2.21. The Morgan fingerprint density at radius 1 is 0.305 bits per heavy atom. The van der Waals surface area contributed by atoms with E-state index in [0.29, 0.717) is 0 Å². The van der Waals surface area contributed by atoms with Crippen LogP contribution in [0.4, 0.5) is 0 Å². The van der Waals surface area contributed by atoms with Crippen molar-refractivity contribution in [1.82, 2.24) is 9.13 Å². The maximum absolute atomic E-state index is 6.65. The first kappa shape index (κ1) is 32.2. The average Bonchev–Trinajstić information content (AvgIpc) is 3.96. The minimum absolute atomic E-state index is 0.897. The van der Waals surface area contributed by atoms with Crippen molar-refractivity contribution in [3.63, 3.8) is 0 Å². The molecule has 0 spiro atoms. The Balaban J connectivity index is 1.03. The minimum Gasteiger partial charge on any atom is -0.454 e. The van der Waals surface area contributed by atoms with Gasteiger partial charge >= 0.3 is 0 Å². The van der Waals surface area contributed by atoms with Crippen LogP contribution in [-0.4, -0.2) is 9.13 Å². The standard InChI is InChI=1S/C56H34N2O/c1-2-13-35(14-3-1)39-29-32-50(42-18-7-6-17-41(39)42)57-49-22-10-8-19-43(49)47-33-37(26-30-51(47)57)38-27-31-52-48(34-38)45-28-25-36-15-4-5-16-40(36)55(45)58(52)53-23-12-21-46-44-20-9-11-24-54(44)59-56(46)53/h1-34H. The van der Waals surface area contributed by atoms with Crippen LogP contribution < -0.4 is 0 Å². The lowest BCUT2D eigenvalue weighted by molar-refractivity contribution is 0.666. The highest BCUT2D eigenvalue weighted by molar-refractivity contribution is 6.21. The van der Waals surface area contributed by atoms with Gasteiger partial charge in [-0.2, -0.15) is 0 Å². The molecule has 0 unspecified atom stereocenters. The molecule has 3 aromatic heterocycles. The maximum Gasteiger partial charge on any atom is 0.159 e. The molecule has 0 N–H and O–H groups in total. The van der Waals surface area contributed by atoms with Crippen molar-refractivity contribution in [3.05, 3.63) is 206 Å². The van der Waals surface area contributed by atoms with Gasteiger partial charge in [0.05, 0.1) is 33.4 Å². The zero-order chi connectivity index (χ0) is 38.6. The lowest BCUT2D eigenvalue weighted by atomic mass is 9.97. The van der Waals surface area contributed by atoms with Gasteiger partial charge in [-0.15, -0.1) is 0 Å². The summed E-state index contributed by atoms with van der Waals surface area (Å²) < 4.78 is 11.5. The number of para-hydroxylation sites is 3. The number of benzene rings is 10. The molecule has 13 rings (SSSR count). The molecular weight excluding hydrogens is 717 g/mol. The smallest absolute Gasteiger partial charge is 0.159 e. The molecule has 0 aliphatic heterocycles. The second-order valence-corrected chi connectivity index (χ2v) is 15.6. The third-order valence-electron chi connectivity index (χ3n) is 12.5. The molecule has 274 valence electrons. The van der Waals surface area contributed by atoms with Crippen molar-refractivity contribution in [2.24, 2.45) is 0 Å². The fraction of sp³-hybridized carbons (Fsp3) is 0. The SMILES string of the molecule is c1ccc(-c2ccc(-n3c4ccccc4c4cc(-c5ccc6c(c5)c5ccc7ccccc7c5n6-c5cccc6c5oc5ccccc56)ccc43)c3ccccc23)cc1. The molecule has 3 heterocycles. The summed E-state index contributed by atoms with van der Waals surface area (Å²) in [5, 5.41) is 12.1. The Hall–Kier alpha value is -7.88. The number of hydrogen-bond donors (Lipinski definition) is 0. The number of furan rings is 1.